The first-order chi connectivity index (χ1) is 26.8. The Morgan fingerprint density at radius 2 is 0.879 bits per heavy atom. The number of carbonyl (C=O) groups excluding carboxylic acids is 3. The van der Waals surface area contributed by atoms with Gasteiger partial charge in [0.05, 0.1) is 25.4 Å². The Hall–Kier alpha value is -4.82. The van der Waals surface area contributed by atoms with Crippen LogP contribution >= 0.6 is 23.2 Å². The average Bonchev–Trinajstić information content (AvgIpc) is 3.16. The Kier molecular flexibility index (Phi) is 19.7. The maximum atomic E-state index is 11.9. The summed E-state index contributed by atoms with van der Waals surface area (Å²) < 4.78 is 140. The second-order valence-corrected chi connectivity index (χ2v) is 15.7. The van der Waals surface area contributed by atoms with E-state index in [0.29, 0.717) is 0 Å². The van der Waals surface area contributed by atoms with Gasteiger partial charge >= 0.3 is 30.3 Å². The molecular weight excluding hydrogens is 899 g/mol. The number of aryl methyl sites for hydroxylation is 1. The van der Waals surface area contributed by atoms with Crippen molar-refractivity contribution in [2.45, 2.75) is 47.8 Å². The molecule has 318 valence electrons. The molecule has 0 atom stereocenters. The molecule has 0 heterocycles. The Labute approximate surface area is 337 Å². The monoisotopic (exact) mass is 927 g/mol. The van der Waals surface area contributed by atoms with Crippen molar-refractivity contribution in [1.82, 2.24) is 14.7 Å². The molecular formula is C32H29Cl2F6N3O12S3. The topological polar surface area (TPSA) is 217 Å². The van der Waals surface area contributed by atoms with E-state index >= 15 is 0 Å². The SMILES string of the molecule is CC.Cc1ccc(S(=O)(=O)NOC(=O)c2ccccc2)cc1.O=C(ONS(=O)(=O)c1c(Cl)cccc1Cl)C(F)(F)F.O=C(ONS(=O)(=O)c1ccccc1)C(F)(F)F. The first-order valence-corrected chi connectivity index (χ1v) is 20.4. The maximum Gasteiger partial charge on any atom is 0.492 e. The van der Waals surface area contributed by atoms with Gasteiger partial charge in [-0.05, 0) is 70.1 Å². The Morgan fingerprint density at radius 3 is 1.29 bits per heavy atom. The fraction of sp³-hybridized carbons (Fsp3) is 0.156. The number of carbonyl (C=O) groups is 3. The van der Waals surface area contributed by atoms with E-state index in [-0.39, 0.29) is 25.4 Å². The van der Waals surface area contributed by atoms with Crippen molar-refractivity contribution in [2.75, 3.05) is 0 Å². The maximum absolute atomic E-state index is 11.9. The standard InChI is InChI=1S/C14H13NO4S.C8H4Cl2F3NO4S.C8H6F3NO4S.C2H6/c1-11-7-9-13(10-8-11)20(17,18)15-19-14(16)12-5-3-2-4-6-12;9-4-2-1-3-5(10)6(4)19(16,17)14-18-7(15)8(11,12)13;9-8(10,11)7(13)16-12-17(14,15)6-4-2-1-3-5-6;1-2/h2-10,15H,1H3;1-3,14H;1-5,12H;1-2H3. The van der Waals surface area contributed by atoms with Crippen molar-refractivity contribution in [1.29, 1.82) is 0 Å². The van der Waals surface area contributed by atoms with Crippen LogP contribution in [-0.4, -0.2) is 55.5 Å². The number of halogens is 8. The summed E-state index contributed by atoms with van der Waals surface area (Å²) in [6.07, 6.45) is -10.6. The quantitative estimate of drug-likeness (QED) is 0.0901. The van der Waals surface area contributed by atoms with E-state index in [2.05, 4.69) is 14.5 Å². The summed E-state index contributed by atoms with van der Waals surface area (Å²) in [5, 5.41) is -0.689. The van der Waals surface area contributed by atoms with Gasteiger partial charge in [-0.25, -0.2) is 39.6 Å². The zero-order valence-corrected chi connectivity index (χ0v) is 33.4. The lowest BCUT2D eigenvalue weighted by Gasteiger charge is -2.10. The van der Waals surface area contributed by atoms with Crippen LogP contribution in [0.15, 0.2) is 118 Å². The number of benzene rings is 4. The minimum Gasteiger partial charge on any atom is -0.351 e. The molecule has 0 aliphatic carbocycles. The largest absolute Gasteiger partial charge is 0.492 e. The molecule has 4 aromatic rings. The summed E-state index contributed by atoms with van der Waals surface area (Å²) in [4.78, 5) is 46.6. The Balaban J connectivity index is 0.000000427. The third kappa shape index (κ3) is 17.0. The van der Waals surface area contributed by atoms with Gasteiger partial charge in [0.25, 0.3) is 30.1 Å². The van der Waals surface area contributed by atoms with Crippen LogP contribution in [-0.2, 0) is 54.2 Å². The van der Waals surface area contributed by atoms with E-state index in [0.717, 1.165) is 39.6 Å². The first kappa shape index (κ1) is 51.2. The third-order valence-corrected chi connectivity index (χ3v) is 10.3. The normalized spacial score (nSPS) is 11.5. The minimum atomic E-state index is -5.34. The molecule has 0 amide bonds. The lowest BCUT2D eigenvalue weighted by Crippen LogP contribution is -2.34. The Morgan fingerprint density at radius 1 is 0.517 bits per heavy atom. The molecule has 0 radical (unpaired) electrons. The molecule has 3 N–H and O–H groups in total. The van der Waals surface area contributed by atoms with Gasteiger partial charge in [-0.15, -0.1) is 0 Å². The molecule has 0 unspecified atom stereocenters. The molecule has 26 heteroatoms. The van der Waals surface area contributed by atoms with Crippen molar-refractivity contribution in [3.63, 3.8) is 0 Å². The second kappa shape index (κ2) is 22.4. The molecule has 0 fully saturated rings. The van der Waals surface area contributed by atoms with Gasteiger partial charge in [0, 0.05) is 0 Å². The van der Waals surface area contributed by atoms with Crippen LogP contribution in [0.25, 0.3) is 0 Å². The van der Waals surface area contributed by atoms with Gasteiger partial charge in [0.2, 0.25) is 0 Å². The van der Waals surface area contributed by atoms with Crippen LogP contribution in [0.1, 0.15) is 29.8 Å². The lowest BCUT2D eigenvalue weighted by atomic mass is 10.2. The van der Waals surface area contributed by atoms with E-state index in [9.17, 15) is 66.0 Å². The number of sulfonamides is 3. The lowest BCUT2D eigenvalue weighted by molar-refractivity contribution is -0.203. The third-order valence-electron chi connectivity index (χ3n) is 5.78. The van der Waals surface area contributed by atoms with E-state index in [1.165, 1.54) is 48.5 Å². The van der Waals surface area contributed by atoms with Gasteiger partial charge in [-0.2, -0.15) is 26.3 Å². The molecule has 0 aliphatic heterocycles. The highest BCUT2D eigenvalue weighted by atomic mass is 35.5. The Bertz CT molecular complexity index is 2300. The molecule has 15 nitrogen and oxygen atoms in total. The van der Waals surface area contributed by atoms with Crippen LogP contribution in [0.4, 0.5) is 26.3 Å². The summed E-state index contributed by atoms with van der Waals surface area (Å²) in [5.41, 5.74) is 1.20. The zero-order chi connectivity index (χ0) is 44.5. The van der Waals surface area contributed by atoms with Gasteiger partial charge < -0.3 is 14.5 Å². The molecule has 0 saturated carbocycles. The van der Waals surface area contributed by atoms with Gasteiger partial charge in [0.1, 0.15) is 4.90 Å². The molecule has 0 spiro atoms. The summed E-state index contributed by atoms with van der Waals surface area (Å²) in [6, 6.07) is 24.4. The average molecular weight is 929 g/mol. The molecule has 0 aliphatic rings. The van der Waals surface area contributed by atoms with Crippen LogP contribution in [0.5, 0.6) is 0 Å². The van der Waals surface area contributed by atoms with Gasteiger partial charge in [-0.1, -0.05) is 97.2 Å². The van der Waals surface area contributed by atoms with Gasteiger partial charge in [0.15, 0.2) is 0 Å². The fourth-order valence-electron chi connectivity index (χ4n) is 3.22. The van der Waals surface area contributed by atoms with E-state index < -0.39 is 65.2 Å². The molecule has 0 saturated heterocycles. The van der Waals surface area contributed by atoms with Crippen molar-refractivity contribution in [3.05, 3.63) is 124 Å². The second-order valence-electron chi connectivity index (χ2n) is 9.97. The summed E-state index contributed by atoms with van der Waals surface area (Å²) in [7, 11) is -12.8. The number of rotatable bonds is 10. The number of alkyl halides is 6. The van der Waals surface area contributed by atoms with Crippen LogP contribution in [0, 0.1) is 6.92 Å². The molecule has 0 bridgehead atoms. The number of nitrogens with one attached hydrogen (secondary N) is 3. The van der Waals surface area contributed by atoms with Gasteiger partial charge in [-0.3, -0.25) is 0 Å². The highest BCUT2D eigenvalue weighted by Gasteiger charge is 2.43. The summed E-state index contributed by atoms with van der Waals surface area (Å²) in [5.74, 6) is -6.13. The molecule has 4 aromatic carbocycles. The zero-order valence-electron chi connectivity index (χ0n) is 29.5. The van der Waals surface area contributed by atoms with Crippen LogP contribution in [0.3, 0.4) is 0 Å². The smallest absolute Gasteiger partial charge is 0.351 e. The predicted molar refractivity (Wildman–Crippen MR) is 193 cm³/mol. The van der Waals surface area contributed by atoms with Crippen molar-refractivity contribution < 1.29 is 80.5 Å². The number of hydrogen-bond donors (Lipinski definition) is 3. The van der Waals surface area contributed by atoms with E-state index in [1.54, 1.807) is 30.3 Å². The minimum absolute atomic E-state index is 0.0314. The summed E-state index contributed by atoms with van der Waals surface area (Å²) >= 11 is 11.1. The van der Waals surface area contributed by atoms with E-state index in [1.807, 2.05) is 25.7 Å². The molecule has 4 rings (SSSR count). The first-order valence-electron chi connectivity index (χ1n) is 15.2. The fourth-order valence-corrected chi connectivity index (χ4v) is 6.72. The van der Waals surface area contributed by atoms with Crippen LogP contribution in [0.2, 0.25) is 10.0 Å². The number of hydrogen-bond acceptors (Lipinski definition) is 12. The van der Waals surface area contributed by atoms with Crippen molar-refractivity contribution in [3.8, 4) is 0 Å². The van der Waals surface area contributed by atoms with Crippen LogP contribution < -0.4 is 14.7 Å². The van der Waals surface area contributed by atoms with Crippen molar-refractivity contribution in [2.24, 2.45) is 0 Å². The van der Waals surface area contributed by atoms with E-state index in [4.69, 9.17) is 23.2 Å². The molecule has 58 heavy (non-hydrogen) atoms. The summed E-state index contributed by atoms with van der Waals surface area (Å²) in [6.45, 7) is 5.85. The van der Waals surface area contributed by atoms with Crippen molar-refractivity contribution >= 4 is 71.2 Å². The predicted octanol–water partition coefficient (Wildman–Crippen LogP) is 6.35. The highest BCUT2D eigenvalue weighted by molar-refractivity contribution is 7.90. The highest BCUT2D eigenvalue weighted by Crippen LogP contribution is 2.29. The molecule has 0 aromatic heterocycles.